The lowest BCUT2D eigenvalue weighted by atomic mass is 10.0. The third-order valence-electron chi connectivity index (χ3n) is 3.95. The summed E-state index contributed by atoms with van der Waals surface area (Å²) in [5, 5.41) is 6.44. The molecule has 1 amide bonds. The Labute approximate surface area is 150 Å². The van der Waals surface area contributed by atoms with E-state index in [9.17, 15) is 4.79 Å². The number of halogens is 2. The number of rotatable bonds is 5. The van der Waals surface area contributed by atoms with Gasteiger partial charge in [-0.2, -0.15) is 11.8 Å². The first kappa shape index (κ1) is 22.3. The Morgan fingerprint density at radius 1 is 1.45 bits per heavy atom. The predicted molar refractivity (Wildman–Crippen MR) is 97.7 cm³/mol. The number of ether oxygens (including phenoxy) is 1. The van der Waals surface area contributed by atoms with E-state index in [1.165, 1.54) is 0 Å². The molecule has 2 rings (SSSR count). The van der Waals surface area contributed by atoms with Crippen LogP contribution in [0, 0.1) is 0 Å². The average molecular weight is 374 g/mol. The first-order valence-corrected chi connectivity index (χ1v) is 8.64. The Balaban J connectivity index is 0.00000220. The van der Waals surface area contributed by atoms with Crippen LogP contribution in [0.5, 0.6) is 0 Å². The van der Waals surface area contributed by atoms with Gasteiger partial charge in [0.2, 0.25) is 5.91 Å². The topological polar surface area (TPSA) is 53.6 Å². The van der Waals surface area contributed by atoms with E-state index >= 15 is 0 Å². The van der Waals surface area contributed by atoms with E-state index in [0.717, 1.165) is 50.9 Å². The molecular weight excluding hydrogens is 345 g/mol. The Kier molecular flexibility index (Phi) is 11.1. The van der Waals surface area contributed by atoms with Crippen molar-refractivity contribution in [1.29, 1.82) is 0 Å². The fourth-order valence-corrected chi connectivity index (χ4v) is 3.63. The van der Waals surface area contributed by atoms with E-state index in [4.69, 9.17) is 4.74 Å². The van der Waals surface area contributed by atoms with Crippen molar-refractivity contribution in [2.24, 2.45) is 0 Å². The molecule has 22 heavy (non-hydrogen) atoms. The van der Waals surface area contributed by atoms with Crippen LogP contribution in [0.1, 0.15) is 20.3 Å². The summed E-state index contributed by atoms with van der Waals surface area (Å²) in [6.07, 6.45) is 0.597. The molecule has 0 aromatic carbocycles. The van der Waals surface area contributed by atoms with Gasteiger partial charge < -0.3 is 15.4 Å². The van der Waals surface area contributed by atoms with Crippen LogP contribution in [-0.4, -0.2) is 73.3 Å². The molecule has 2 aliphatic rings. The molecule has 1 unspecified atom stereocenters. The van der Waals surface area contributed by atoms with Gasteiger partial charge in [0.15, 0.2) is 0 Å². The van der Waals surface area contributed by atoms with Crippen LogP contribution >= 0.6 is 36.6 Å². The number of morpholine rings is 1. The van der Waals surface area contributed by atoms with Crippen molar-refractivity contribution in [3.63, 3.8) is 0 Å². The van der Waals surface area contributed by atoms with Crippen molar-refractivity contribution in [3.8, 4) is 0 Å². The zero-order valence-corrected chi connectivity index (χ0v) is 15.9. The molecule has 0 aliphatic carbocycles. The lowest BCUT2D eigenvalue weighted by molar-refractivity contribution is -0.121. The maximum absolute atomic E-state index is 11.9. The molecule has 1 atom stereocenters. The molecule has 0 aromatic heterocycles. The highest BCUT2D eigenvalue weighted by atomic mass is 35.5. The number of carbonyl (C=O) groups is 1. The number of nitrogens with zero attached hydrogens (tertiary/aromatic N) is 1. The molecule has 2 N–H and O–H groups in total. The number of amides is 1. The molecule has 2 aliphatic heterocycles. The van der Waals surface area contributed by atoms with Gasteiger partial charge in [-0.1, -0.05) is 0 Å². The summed E-state index contributed by atoms with van der Waals surface area (Å²) in [5.41, 5.74) is 0.0740. The highest BCUT2D eigenvalue weighted by Crippen LogP contribution is 2.17. The second-order valence-corrected chi connectivity index (χ2v) is 7.28. The summed E-state index contributed by atoms with van der Waals surface area (Å²) in [6.45, 7) is 9.53. The third-order valence-corrected chi connectivity index (χ3v) is 5.08. The highest BCUT2D eigenvalue weighted by Gasteiger charge is 2.29. The number of nitrogens with one attached hydrogen (secondary N) is 2. The maximum atomic E-state index is 11.9. The first-order chi connectivity index (χ1) is 9.58. The summed E-state index contributed by atoms with van der Waals surface area (Å²) < 4.78 is 5.50. The molecule has 5 nitrogen and oxygen atoms in total. The molecule has 132 valence electrons. The zero-order chi connectivity index (χ0) is 14.4. The van der Waals surface area contributed by atoms with E-state index < -0.39 is 0 Å². The van der Waals surface area contributed by atoms with Gasteiger partial charge in [0.05, 0.1) is 13.2 Å². The maximum Gasteiger partial charge on any atom is 0.221 e. The van der Waals surface area contributed by atoms with Crippen molar-refractivity contribution in [2.45, 2.75) is 31.8 Å². The Hall–Kier alpha value is 0.280. The summed E-state index contributed by atoms with van der Waals surface area (Å²) in [4.78, 5) is 14.3. The molecular formula is C14H29Cl2N3O2S. The number of hydrogen-bond acceptors (Lipinski definition) is 5. The van der Waals surface area contributed by atoms with Crippen molar-refractivity contribution < 1.29 is 9.53 Å². The van der Waals surface area contributed by atoms with Crippen LogP contribution in [0.15, 0.2) is 0 Å². The van der Waals surface area contributed by atoms with Crippen LogP contribution in [-0.2, 0) is 9.53 Å². The second kappa shape index (κ2) is 10.9. The quantitative estimate of drug-likeness (QED) is 0.756. The lowest BCUT2D eigenvalue weighted by Gasteiger charge is -2.42. The van der Waals surface area contributed by atoms with E-state index in [1.807, 2.05) is 11.8 Å². The highest BCUT2D eigenvalue weighted by molar-refractivity contribution is 7.99. The van der Waals surface area contributed by atoms with Crippen LogP contribution in [0.4, 0.5) is 0 Å². The third kappa shape index (κ3) is 7.23. The van der Waals surface area contributed by atoms with Crippen LogP contribution in [0.2, 0.25) is 0 Å². The Morgan fingerprint density at radius 2 is 2.23 bits per heavy atom. The summed E-state index contributed by atoms with van der Waals surface area (Å²) in [7, 11) is 0. The molecule has 0 spiro atoms. The predicted octanol–water partition coefficient (Wildman–Crippen LogP) is 1.15. The lowest BCUT2D eigenvalue weighted by Crippen LogP contribution is -2.54. The van der Waals surface area contributed by atoms with Crippen molar-refractivity contribution in [1.82, 2.24) is 15.5 Å². The van der Waals surface area contributed by atoms with Gasteiger partial charge >= 0.3 is 0 Å². The number of thioether (sulfide) groups is 1. The van der Waals surface area contributed by atoms with Gasteiger partial charge in [-0.15, -0.1) is 24.8 Å². The van der Waals surface area contributed by atoms with Crippen molar-refractivity contribution >= 4 is 42.5 Å². The van der Waals surface area contributed by atoms with Gasteiger partial charge in [0, 0.05) is 55.7 Å². The molecule has 2 fully saturated rings. The van der Waals surface area contributed by atoms with Crippen LogP contribution in [0.3, 0.4) is 0 Å². The Bertz CT molecular complexity index is 329. The minimum absolute atomic E-state index is 0. The van der Waals surface area contributed by atoms with Gasteiger partial charge in [0.25, 0.3) is 0 Å². The summed E-state index contributed by atoms with van der Waals surface area (Å²) >= 11 is 1.93. The molecule has 0 saturated carbocycles. The molecule has 2 saturated heterocycles. The first-order valence-electron chi connectivity index (χ1n) is 7.48. The van der Waals surface area contributed by atoms with Crippen LogP contribution in [0.25, 0.3) is 0 Å². The molecule has 0 radical (unpaired) electrons. The minimum atomic E-state index is 0. The van der Waals surface area contributed by atoms with Crippen LogP contribution < -0.4 is 10.6 Å². The van der Waals surface area contributed by atoms with Gasteiger partial charge in [-0.05, 0) is 13.8 Å². The summed E-state index contributed by atoms with van der Waals surface area (Å²) in [6, 6.07) is 0.341. The minimum Gasteiger partial charge on any atom is -0.378 e. The number of hydrogen-bond donors (Lipinski definition) is 2. The van der Waals surface area contributed by atoms with E-state index in [2.05, 4.69) is 29.4 Å². The molecule has 0 bridgehead atoms. The summed E-state index contributed by atoms with van der Waals surface area (Å²) in [5.74, 6) is 2.37. The standard InChI is InChI=1S/C14H27N3O2S.2ClH/c1-14(2)11-19-7-6-17(14)5-3-16-13(18)9-12-10-20-8-4-15-12;;/h12,15H,3-11H2,1-2H3,(H,16,18);2*1H. The zero-order valence-electron chi connectivity index (χ0n) is 13.4. The second-order valence-electron chi connectivity index (χ2n) is 6.13. The average Bonchev–Trinajstić information content (AvgIpc) is 2.41. The van der Waals surface area contributed by atoms with Gasteiger partial charge in [0.1, 0.15) is 0 Å². The SMILES string of the molecule is CC1(C)COCCN1CCNC(=O)CC1CSCCN1.Cl.Cl. The van der Waals surface area contributed by atoms with Crippen molar-refractivity contribution in [3.05, 3.63) is 0 Å². The van der Waals surface area contributed by atoms with E-state index in [-0.39, 0.29) is 36.3 Å². The molecule has 8 heteroatoms. The fraction of sp³-hybridized carbons (Fsp3) is 0.929. The number of carbonyl (C=O) groups excluding carboxylic acids is 1. The largest absolute Gasteiger partial charge is 0.378 e. The van der Waals surface area contributed by atoms with E-state index in [0.29, 0.717) is 12.5 Å². The molecule has 2 heterocycles. The van der Waals surface area contributed by atoms with Gasteiger partial charge in [-0.25, -0.2) is 0 Å². The fourth-order valence-electron chi connectivity index (χ4n) is 2.68. The monoisotopic (exact) mass is 373 g/mol. The Morgan fingerprint density at radius 3 is 2.86 bits per heavy atom. The van der Waals surface area contributed by atoms with Gasteiger partial charge in [-0.3, -0.25) is 9.69 Å². The van der Waals surface area contributed by atoms with Crippen molar-refractivity contribution in [2.75, 3.05) is 50.9 Å². The molecule has 0 aromatic rings. The van der Waals surface area contributed by atoms with E-state index in [1.54, 1.807) is 0 Å². The smallest absolute Gasteiger partial charge is 0.221 e. The normalized spacial score (nSPS) is 24.7.